The second-order valence-electron chi connectivity index (χ2n) is 5.65. The molecule has 1 heterocycles. The number of para-hydroxylation sites is 1. The lowest BCUT2D eigenvalue weighted by Crippen LogP contribution is -2.19. The zero-order valence-corrected chi connectivity index (χ0v) is 14.2. The fourth-order valence-electron chi connectivity index (χ4n) is 2.33. The second-order valence-corrected chi connectivity index (χ2v) is 5.65. The summed E-state index contributed by atoms with van der Waals surface area (Å²) in [6.45, 7) is 0. The van der Waals surface area contributed by atoms with E-state index >= 15 is 0 Å². The number of nitrogens with zero attached hydrogens (tertiary/aromatic N) is 1. The Morgan fingerprint density at radius 3 is 2.39 bits per heavy atom. The Balaban J connectivity index is 1.87. The first kappa shape index (κ1) is 19.1. The monoisotopic (exact) mass is 386 g/mol. The van der Waals surface area contributed by atoms with Crippen LogP contribution in [-0.2, 0) is 6.18 Å². The molecule has 0 bridgehead atoms. The molecule has 142 valence electrons. The summed E-state index contributed by atoms with van der Waals surface area (Å²) in [4.78, 5) is 28.7. The van der Waals surface area contributed by atoms with Crippen LogP contribution in [0.25, 0.3) is 12.2 Å². The summed E-state index contributed by atoms with van der Waals surface area (Å²) in [7, 11) is 0. The number of hydrogen-bond donors (Lipinski definition) is 1. The lowest BCUT2D eigenvalue weighted by Gasteiger charge is -2.08. The van der Waals surface area contributed by atoms with Crippen LogP contribution in [0.1, 0.15) is 27.3 Å². The molecule has 0 atom stereocenters. The van der Waals surface area contributed by atoms with Gasteiger partial charge in [-0.3, -0.25) is 0 Å². The van der Waals surface area contributed by atoms with E-state index in [1.165, 1.54) is 12.2 Å². The molecule has 5 nitrogen and oxygen atoms in total. The van der Waals surface area contributed by atoms with E-state index in [2.05, 4.69) is 4.98 Å². The molecule has 0 radical (unpaired) electrons. The van der Waals surface area contributed by atoms with Gasteiger partial charge < -0.3 is 9.72 Å². The van der Waals surface area contributed by atoms with Crippen molar-refractivity contribution >= 4 is 18.1 Å². The van der Waals surface area contributed by atoms with Gasteiger partial charge in [0.2, 0.25) is 0 Å². The second kappa shape index (κ2) is 7.91. The maximum absolute atomic E-state index is 12.8. The van der Waals surface area contributed by atoms with E-state index in [-0.39, 0.29) is 11.4 Å². The first-order chi connectivity index (χ1) is 13.3. The van der Waals surface area contributed by atoms with Crippen molar-refractivity contribution in [3.8, 4) is 5.75 Å². The first-order valence-corrected chi connectivity index (χ1v) is 8.06. The van der Waals surface area contributed by atoms with Crippen LogP contribution in [0.15, 0.2) is 65.5 Å². The third kappa shape index (κ3) is 4.73. The Hall–Kier alpha value is -3.68. The maximum Gasteiger partial charge on any atom is 0.431 e. The number of hydrogen-bond acceptors (Lipinski definition) is 4. The predicted octanol–water partition coefficient (Wildman–Crippen LogP) is 4.18. The standard InChI is InChI=1S/C20H13F3N2O3/c21-20(22,23)17-12-15(24-19(27)25-17)11-10-13-6-4-5-9-16(13)28-18(26)14-7-2-1-3-8-14/h1-12H,(H,24,25,27). The summed E-state index contributed by atoms with van der Waals surface area (Å²) in [5, 5.41) is 0. The molecule has 0 unspecified atom stereocenters. The summed E-state index contributed by atoms with van der Waals surface area (Å²) < 4.78 is 43.8. The highest BCUT2D eigenvalue weighted by molar-refractivity contribution is 5.91. The minimum atomic E-state index is -4.70. The topological polar surface area (TPSA) is 72.1 Å². The van der Waals surface area contributed by atoms with Gasteiger partial charge in [-0.1, -0.05) is 36.4 Å². The minimum Gasteiger partial charge on any atom is -0.422 e. The Morgan fingerprint density at radius 2 is 1.68 bits per heavy atom. The Bertz CT molecular complexity index is 1070. The number of aromatic amines is 1. The van der Waals surface area contributed by atoms with Gasteiger partial charge in [-0.2, -0.15) is 18.2 Å². The predicted molar refractivity (Wildman–Crippen MR) is 96.6 cm³/mol. The average molecular weight is 386 g/mol. The quantitative estimate of drug-likeness (QED) is 0.539. The number of alkyl halides is 3. The molecule has 1 aromatic heterocycles. The molecule has 0 saturated carbocycles. The molecule has 0 fully saturated rings. The fourth-order valence-corrected chi connectivity index (χ4v) is 2.33. The highest BCUT2D eigenvalue weighted by Crippen LogP contribution is 2.27. The molecular formula is C20H13F3N2O3. The summed E-state index contributed by atoms with van der Waals surface area (Å²) in [5.41, 5.74) is -1.70. The smallest absolute Gasteiger partial charge is 0.422 e. The van der Waals surface area contributed by atoms with Gasteiger partial charge >= 0.3 is 17.8 Å². The Labute approximate surface area is 157 Å². The molecule has 8 heteroatoms. The third-order valence-corrected chi connectivity index (χ3v) is 3.63. The van der Waals surface area contributed by atoms with Crippen molar-refractivity contribution in [3.63, 3.8) is 0 Å². The Kier molecular flexibility index (Phi) is 5.39. The lowest BCUT2D eigenvalue weighted by molar-refractivity contribution is -0.141. The van der Waals surface area contributed by atoms with Crippen LogP contribution >= 0.6 is 0 Å². The van der Waals surface area contributed by atoms with Crippen LogP contribution in [0.2, 0.25) is 0 Å². The molecule has 2 aromatic carbocycles. The molecule has 3 rings (SSSR count). The Morgan fingerprint density at radius 1 is 1.00 bits per heavy atom. The van der Waals surface area contributed by atoms with Gasteiger partial charge in [-0.05, 0) is 36.4 Å². The maximum atomic E-state index is 12.8. The van der Waals surface area contributed by atoms with Crippen molar-refractivity contribution in [2.24, 2.45) is 0 Å². The normalized spacial score (nSPS) is 11.5. The number of nitrogens with one attached hydrogen (secondary N) is 1. The summed E-state index contributed by atoms with van der Waals surface area (Å²) in [5.74, 6) is -0.358. The summed E-state index contributed by atoms with van der Waals surface area (Å²) in [6.07, 6.45) is -2.05. The van der Waals surface area contributed by atoms with Gasteiger partial charge in [-0.15, -0.1) is 0 Å². The molecule has 0 amide bonds. The van der Waals surface area contributed by atoms with Gasteiger partial charge in [0.05, 0.1) is 11.3 Å². The SMILES string of the molecule is O=C(Oc1ccccc1C=Cc1cc(C(F)(F)F)[nH]c(=O)n1)c1ccccc1. The number of benzene rings is 2. The average Bonchev–Trinajstić information content (AvgIpc) is 2.67. The van der Waals surface area contributed by atoms with E-state index in [0.717, 1.165) is 6.07 Å². The van der Waals surface area contributed by atoms with Crippen LogP contribution in [-0.4, -0.2) is 15.9 Å². The van der Waals surface area contributed by atoms with Gasteiger partial charge in [0.25, 0.3) is 0 Å². The number of halogens is 3. The van der Waals surface area contributed by atoms with E-state index in [0.29, 0.717) is 11.1 Å². The summed E-state index contributed by atoms with van der Waals surface area (Å²) >= 11 is 0. The molecule has 0 spiro atoms. The largest absolute Gasteiger partial charge is 0.431 e. The van der Waals surface area contributed by atoms with Crippen molar-refractivity contribution in [1.82, 2.24) is 9.97 Å². The van der Waals surface area contributed by atoms with Crippen LogP contribution in [0.3, 0.4) is 0 Å². The lowest BCUT2D eigenvalue weighted by atomic mass is 10.1. The molecule has 0 aliphatic heterocycles. The van der Waals surface area contributed by atoms with Crippen molar-refractivity contribution in [2.45, 2.75) is 6.18 Å². The summed E-state index contributed by atoms with van der Waals surface area (Å²) in [6, 6.07) is 15.5. The van der Waals surface area contributed by atoms with Crippen LogP contribution in [0, 0.1) is 0 Å². The molecule has 0 saturated heterocycles. The zero-order chi connectivity index (χ0) is 20.1. The van der Waals surface area contributed by atoms with E-state index < -0.39 is 23.5 Å². The highest BCUT2D eigenvalue weighted by atomic mass is 19.4. The number of ether oxygens (including phenoxy) is 1. The van der Waals surface area contributed by atoms with E-state index in [9.17, 15) is 22.8 Å². The molecule has 0 aliphatic carbocycles. The number of carbonyl (C=O) groups excluding carboxylic acids is 1. The van der Waals surface area contributed by atoms with E-state index in [4.69, 9.17) is 4.74 Å². The molecule has 1 N–H and O–H groups in total. The minimum absolute atomic E-state index is 0.180. The van der Waals surface area contributed by atoms with Crippen molar-refractivity contribution < 1.29 is 22.7 Å². The fraction of sp³-hybridized carbons (Fsp3) is 0.0500. The van der Waals surface area contributed by atoms with Gasteiger partial charge in [0, 0.05) is 5.56 Å². The van der Waals surface area contributed by atoms with Crippen molar-refractivity contribution in [2.75, 3.05) is 0 Å². The van der Waals surface area contributed by atoms with Gasteiger partial charge in [-0.25, -0.2) is 9.59 Å². The number of rotatable bonds is 4. The number of aromatic nitrogens is 2. The number of esters is 1. The molecule has 0 aliphatic rings. The van der Waals surface area contributed by atoms with Gasteiger partial charge in [0.1, 0.15) is 11.4 Å². The van der Waals surface area contributed by atoms with E-state index in [1.807, 2.05) is 0 Å². The van der Waals surface area contributed by atoms with Crippen LogP contribution in [0.4, 0.5) is 13.2 Å². The number of H-pyrrole nitrogens is 1. The van der Waals surface area contributed by atoms with Crippen LogP contribution < -0.4 is 10.4 Å². The molecular weight excluding hydrogens is 373 g/mol. The molecule has 3 aromatic rings. The van der Waals surface area contributed by atoms with Crippen molar-refractivity contribution in [1.29, 1.82) is 0 Å². The first-order valence-electron chi connectivity index (χ1n) is 8.06. The highest BCUT2D eigenvalue weighted by Gasteiger charge is 2.32. The number of carbonyl (C=O) groups is 1. The van der Waals surface area contributed by atoms with Gasteiger partial charge in [0.15, 0.2) is 0 Å². The van der Waals surface area contributed by atoms with E-state index in [1.54, 1.807) is 59.6 Å². The molecule has 28 heavy (non-hydrogen) atoms. The third-order valence-electron chi connectivity index (χ3n) is 3.63. The van der Waals surface area contributed by atoms with Crippen LogP contribution in [0.5, 0.6) is 5.75 Å². The van der Waals surface area contributed by atoms with Crippen molar-refractivity contribution in [3.05, 3.63) is 93.7 Å². The zero-order valence-electron chi connectivity index (χ0n) is 14.2.